The number of amides is 1. The fraction of sp³-hybridized carbons (Fsp3) is 0.381. The average Bonchev–Trinajstić information content (AvgIpc) is 2.90. The molecule has 26 heavy (non-hydrogen) atoms. The molecule has 0 bridgehead atoms. The van der Waals surface area contributed by atoms with Crippen molar-refractivity contribution in [3.8, 4) is 17.2 Å². The van der Waals surface area contributed by atoms with Crippen LogP contribution in [0.2, 0.25) is 0 Å². The molecule has 0 spiro atoms. The molecular formula is C21H25NO4. The maximum atomic E-state index is 12.4. The topological polar surface area (TPSA) is 56.8 Å². The van der Waals surface area contributed by atoms with Crippen LogP contribution in [0, 0.1) is 5.92 Å². The Bertz CT molecular complexity index is 730. The molecule has 0 saturated heterocycles. The van der Waals surface area contributed by atoms with Crippen LogP contribution in [0.1, 0.15) is 31.9 Å². The Labute approximate surface area is 154 Å². The highest BCUT2D eigenvalue weighted by molar-refractivity contribution is 5.78. The van der Waals surface area contributed by atoms with E-state index in [-0.39, 0.29) is 24.5 Å². The zero-order chi connectivity index (χ0) is 18.4. The standard InChI is InChI=1S/C21H25NO4/c1-15(2)21(22-20(23)14-26-17-7-4-3-5-8-17)16-9-10-18-19(13-16)25-12-6-11-24-18/h3-5,7-10,13,15,21H,6,11-12,14H2,1-2H3,(H,22,23). The number of carbonyl (C=O) groups is 1. The largest absolute Gasteiger partial charge is 0.490 e. The second-order valence-electron chi connectivity index (χ2n) is 6.65. The van der Waals surface area contributed by atoms with E-state index in [0.29, 0.717) is 19.0 Å². The third-order valence-corrected chi connectivity index (χ3v) is 4.23. The molecule has 1 heterocycles. The fourth-order valence-electron chi connectivity index (χ4n) is 2.89. The zero-order valence-electron chi connectivity index (χ0n) is 15.2. The summed E-state index contributed by atoms with van der Waals surface area (Å²) >= 11 is 0. The molecule has 1 unspecified atom stereocenters. The molecule has 1 amide bonds. The number of ether oxygens (including phenoxy) is 3. The van der Waals surface area contributed by atoms with Gasteiger partial charge in [-0.1, -0.05) is 38.1 Å². The predicted molar refractivity (Wildman–Crippen MR) is 99.7 cm³/mol. The van der Waals surface area contributed by atoms with Crippen molar-refractivity contribution < 1.29 is 19.0 Å². The molecule has 3 rings (SSSR count). The number of benzene rings is 2. The molecule has 0 saturated carbocycles. The van der Waals surface area contributed by atoms with Gasteiger partial charge in [0.25, 0.3) is 5.91 Å². The van der Waals surface area contributed by atoms with Gasteiger partial charge in [-0.2, -0.15) is 0 Å². The lowest BCUT2D eigenvalue weighted by atomic mass is 9.95. The van der Waals surface area contributed by atoms with Crippen LogP contribution < -0.4 is 19.5 Å². The van der Waals surface area contributed by atoms with Gasteiger partial charge >= 0.3 is 0 Å². The van der Waals surface area contributed by atoms with Crippen molar-refractivity contribution in [2.75, 3.05) is 19.8 Å². The van der Waals surface area contributed by atoms with E-state index < -0.39 is 0 Å². The molecule has 0 aliphatic carbocycles. The predicted octanol–water partition coefficient (Wildman–Crippen LogP) is 3.74. The number of hydrogen-bond acceptors (Lipinski definition) is 4. The van der Waals surface area contributed by atoms with Gasteiger partial charge in [-0.05, 0) is 35.7 Å². The minimum atomic E-state index is -0.153. The van der Waals surface area contributed by atoms with Crippen LogP contribution in [0.15, 0.2) is 48.5 Å². The third-order valence-electron chi connectivity index (χ3n) is 4.23. The van der Waals surface area contributed by atoms with Gasteiger partial charge < -0.3 is 19.5 Å². The van der Waals surface area contributed by atoms with Gasteiger partial charge in [-0.15, -0.1) is 0 Å². The molecule has 1 aliphatic rings. The summed E-state index contributed by atoms with van der Waals surface area (Å²) in [6, 6.07) is 15.1. The van der Waals surface area contributed by atoms with Gasteiger partial charge in [0.15, 0.2) is 18.1 Å². The summed E-state index contributed by atoms with van der Waals surface area (Å²) in [4.78, 5) is 12.4. The van der Waals surface area contributed by atoms with Crippen LogP contribution >= 0.6 is 0 Å². The molecule has 138 valence electrons. The highest BCUT2D eigenvalue weighted by Gasteiger charge is 2.21. The first-order valence-corrected chi connectivity index (χ1v) is 9.00. The minimum Gasteiger partial charge on any atom is -0.490 e. The van der Waals surface area contributed by atoms with Crippen molar-refractivity contribution in [3.05, 3.63) is 54.1 Å². The second kappa shape index (κ2) is 8.61. The number of carbonyl (C=O) groups excluding carboxylic acids is 1. The Hall–Kier alpha value is -2.69. The molecule has 2 aromatic rings. The number of fused-ring (bicyclic) bond motifs is 1. The first kappa shape index (κ1) is 18.1. The molecule has 1 atom stereocenters. The lowest BCUT2D eigenvalue weighted by Gasteiger charge is -2.24. The highest BCUT2D eigenvalue weighted by atomic mass is 16.5. The summed E-state index contributed by atoms with van der Waals surface area (Å²) in [5, 5.41) is 3.07. The summed E-state index contributed by atoms with van der Waals surface area (Å²) in [6.45, 7) is 5.43. The molecule has 1 N–H and O–H groups in total. The van der Waals surface area contributed by atoms with E-state index in [0.717, 1.165) is 23.5 Å². The van der Waals surface area contributed by atoms with E-state index in [1.807, 2.05) is 48.5 Å². The van der Waals surface area contributed by atoms with Gasteiger partial charge in [-0.3, -0.25) is 4.79 Å². The molecule has 2 aromatic carbocycles. The van der Waals surface area contributed by atoms with Crippen LogP contribution in [0.25, 0.3) is 0 Å². The Morgan fingerprint density at radius 1 is 1.08 bits per heavy atom. The second-order valence-corrected chi connectivity index (χ2v) is 6.65. The molecule has 0 radical (unpaired) electrons. The fourth-order valence-corrected chi connectivity index (χ4v) is 2.89. The Kier molecular flexibility index (Phi) is 6.00. The van der Waals surface area contributed by atoms with Gasteiger partial charge in [0, 0.05) is 6.42 Å². The average molecular weight is 355 g/mol. The normalized spacial score (nSPS) is 14.4. The van der Waals surface area contributed by atoms with E-state index in [1.54, 1.807) is 0 Å². The van der Waals surface area contributed by atoms with E-state index in [2.05, 4.69) is 19.2 Å². The van der Waals surface area contributed by atoms with Gasteiger partial charge in [0.05, 0.1) is 19.3 Å². The molecule has 0 fully saturated rings. The maximum absolute atomic E-state index is 12.4. The van der Waals surface area contributed by atoms with Gasteiger partial charge in [-0.25, -0.2) is 0 Å². The van der Waals surface area contributed by atoms with E-state index in [4.69, 9.17) is 14.2 Å². The highest BCUT2D eigenvalue weighted by Crippen LogP contribution is 2.34. The summed E-state index contributed by atoms with van der Waals surface area (Å²) in [5.74, 6) is 2.24. The van der Waals surface area contributed by atoms with Gasteiger partial charge in [0.1, 0.15) is 5.75 Å². The third kappa shape index (κ3) is 4.69. The summed E-state index contributed by atoms with van der Waals surface area (Å²) in [7, 11) is 0. The zero-order valence-corrected chi connectivity index (χ0v) is 15.2. The lowest BCUT2D eigenvalue weighted by molar-refractivity contribution is -0.124. The SMILES string of the molecule is CC(C)C(NC(=O)COc1ccccc1)c1ccc2c(c1)OCCCO2. The molecule has 0 aromatic heterocycles. The number of nitrogens with one attached hydrogen (secondary N) is 1. The van der Waals surface area contributed by atoms with Crippen molar-refractivity contribution in [2.24, 2.45) is 5.92 Å². The van der Waals surface area contributed by atoms with E-state index in [1.165, 1.54) is 0 Å². The summed E-state index contributed by atoms with van der Waals surface area (Å²) < 4.78 is 17.0. The summed E-state index contributed by atoms with van der Waals surface area (Å²) in [6.07, 6.45) is 0.866. The first-order chi connectivity index (χ1) is 12.6. The Balaban J connectivity index is 1.67. The van der Waals surface area contributed by atoms with Crippen LogP contribution in [0.3, 0.4) is 0 Å². The molecular weight excluding hydrogens is 330 g/mol. The van der Waals surface area contributed by atoms with Gasteiger partial charge in [0.2, 0.25) is 0 Å². The monoisotopic (exact) mass is 355 g/mol. The summed E-state index contributed by atoms with van der Waals surface area (Å²) in [5.41, 5.74) is 0.998. The van der Waals surface area contributed by atoms with E-state index in [9.17, 15) is 4.79 Å². The smallest absolute Gasteiger partial charge is 0.258 e. The van der Waals surface area contributed by atoms with Crippen LogP contribution in [-0.2, 0) is 4.79 Å². The molecule has 1 aliphatic heterocycles. The first-order valence-electron chi connectivity index (χ1n) is 9.00. The quantitative estimate of drug-likeness (QED) is 0.858. The van der Waals surface area contributed by atoms with Crippen molar-refractivity contribution in [1.29, 1.82) is 0 Å². The van der Waals surface area contributed by atoms with Crippen LogP contribution in [0.4, 0.5) is 0 Å². The van der Waals surface area contributed by atoms with Crippen molar-refractivity contribution in [1.82, 2.24) is 5.32 Å². The number of rotatable bonds is 6. The number of hydrogen-bond donors (Lipinski definition) is 1. The van der Waals surface area contributed by atoms with Crippen molar-refractivity contribution in [2.45, 2.75) is 26.3 Å². The van der Waals surface area contributed by atoms with E-state index >= 15 is 0 Å². The molecule has 5 heteroatoms. The Morgan fingerprint density at radius 2 is 1.81 bits per heavy atom. The maximum Gasteiger partial charge on any atom is 0.258 e. The lowest BCUT2D eigenvalue weighted by Crippen LogP contribution is -2.35. The molecule has 5 nitrogen and oxygen atoms in total. The van der Waals surface area contributed by atoms with Crippen molar-refractivity contribution in [3.63, 3.8) is 0 Å². The number of para-hydroxylation sites is 1. The van der Waals surface area contributed by atoms with Crippen LogP contribution in [0.5, 0.6) is 17.2 Å². The Morgan fingerprint density at radius 3 is 2.54 bits per heavy atom. The van der Waals surface area contributed by atoms with Crippen LogP contribution in [-0.4, -0.2) is 25.7 Å². The minimum absolute atomic E-state index is 0.0161. The van der Waals surface area contributed by atoms with Crippen molar-refractivity contribution >= 4 is 5.91 Å².